The van der Waals surface area contributed by atoms with Crippen LogP contribution in [0, 0.1) is 29.5 Å². The molecule has 2 atom stereocenters. The Hall–Kier alpha value is -2.82. The molecule has 1 N–H and O–H groups in total. The van der Waals surface area contributed by atoms with E-state index in [-0.39, 0.29) is 23.0 Å². The predicted molar refractivity (Wildman–Crippen MR) is 107 cm³/mol. The van der Waals surface area contributed by atoms with Gasteiger partial charge in [-0.05, 0) is 42.3 Å². The van der Waals surface area contributed by atoms with E-state index in [1.807, 2.05) is 19.9 Å². The Labute approximate surface area is 165 Å². The van der Waals surface area contributed by atoms with Gasteiger partial charge in [-0.25, -0.2) is 4.39 Å². The zero-order valence-corrected chi connectivity index (χ0v) is 16.6. The van der Waals surface area contributed by atoms with E-state index in [1.54, 1.807) is 38.1 Å². The third-order valence-electron chi connectivity index (χ3n) is 4.71. The maximum Gasteiger partial charge on any atom is 0.235 e. The first kappa shape index (κ1) is 21.5. The number of hydrogen-bond donors (Lipinski definition) is 1. The molecule has 0 aromatic heterocycles. The van der Waals surface area contributed by atoms with Crippen molar-refractivity contribution in [1.29, 1.82) is 0 Å². The SMILES string of the molecule is CC(C)C(=O)C(C(=O)Nc1ccccc1)C(C(=O)c1ccc(F)cc1)C(C)C. The molecule has 1 amide bonds. The van der Waals surface area contributed by atoms with Crippen LogP contribution in [0.1, 0.15) is 38.1 Å². The highest BCUT2D eigenvalue weighted by atomic mass is 19.1. The Kier molecular flexibility index (Phi) is 7.21. The number of hydrogen-bond acceptors (Lipinski definition) is 3. The number of Topliss-reactive ketones (excluding diaryl/α,β-unsaturated/α-hetero) is 2. The Morgan fingerprint density at radius 1 is 0.857 bits per heavy atom. The van der Waals surface area contributed by atoms with Gasteiger partial charge in [0, 0.05) is 23.1 Å². The maximum absolute atomic E-state index is 13.2. The highest BCUT2D eigenvalue weighted by Crippen LogP contribution is 2.30. The zero-order chi connectivity index (χ0) is 20.8. The minimum Gasteiger partial charge on any atom is -0.325 e. The van der Waals surface area contributed by atoms with Gasteiger partial charge < -0.3 is 5.32 Å². The van der Waals surface area contributed by atoms with Crippen molar-refractivity contribution in [2.75, 3.05) is 5.32 Å². The van der Waals surface area contributed by atoms with Crippen molar-refractivity contribution in [3.05, 3.63) is 66.0 Å². The topological polar surface area (TPSA) is 63.2 Å². The maximum atomic E-state index is 13.2. The number of carbonyl (C=O) groups is 3. The third-order valence-corrected chi connectivity index (χ3v) is 4.71. The van der Waals surface area contributed by atoms with Crippen molar-refractivity contribution in [2.45, 2.75) is 27.7 Å². The first-order valence-corrected chi connectivity index (χ1v) is 9.41. The molecule has 0 saturated heterocycles. The second-order valence-corrected chi connectivity index (χ2v) is 7.53. The summed E-state index contributed by atoms with van der Waals surface area (Å²) in [5.74, 6) is -4.21. The number of amides is 1. The van der Waals surface area contributed by atoms with Crippen LogP contribution in [0.5, 0.6) is 0 Å². The molecule has 4 nitrogen and oxygen atoms in total. The summed E-state index contributed by atoms with van der Waals surface area (Å²) in [6.07, 6.45) is 0. The largest absolute Gasteiger partial charge is 0.325 e. The third kappa shape index (κ3) is 5.12. The van der Waals surface area contributed by atoms with Crippen LogP contribution in [-0.2, 0) is 9.59 Å². The average molecular weight is 383 g/mol. The van der Waals surface area contributed by atoms with Crippen LogP contribution in [0.25, 0.3) is 0 Å². The molecule has 148 valence electrons. The molecule has 0 aliphatic rings. The van der Waals surface area contributed by atoms with Crippen LogP contribution in [0.2, 0.25) is 0 Å². The molecule has 0 bridgehead atoms. The molecule has 5 heteroatoms. The van der Waals surface area contributed by atoms with Gasteiger partial charge in [0.1, 0.15) is 17.5 Å². The number of nitrogens with one attached hydrogen (secondary N) is 1. The minimum absolute atomic E-state index is 0.258. The van der Waals surface area contributed by atoms with Crippen LogP contribution >= 0.6 is 0 Å². The van der Waals surface area contributed by atoms with Gasteiger partial charge in [0.15, 0.2) is 5.78 Å². The van der Waals surface area contributed by atoms with Gasteiger partial charge in [0.05, 0.1) is 0 Å². The fourth-order valence-corrected chi connectivity index (χ4v) is 3.22. The summed E-state index contributed by atoms with van der Waals surface area (Å²) >= 11 is 0. The van der Waals surface area contributed by atoms with Crippen LogP contribution < -0.4 is 5.32 Å². The smallest absolute Gasteiger partial charge is 0.235 e. The molecule has 2 rings (SSSR count). The summed E-state index contributed by atoms with van der Waals surface area (Å²) in [5.41, 5.74) is 0.847. The summed E-state index contributed by atoms with van der Waals surface area (Å²) in [7, 11) is 0. The Bertz CT molecular complexity index is 829. The zero-order valence-electron chi connectivity index (χ0n) is 16.6. The summed E-state index contributed by atoms with van der Waals surface area (Å²) in [6.45, 7) is 7.04. The lowest BCUT2D eigenvalue weighted by atomic mass is 9.73. The number of ketones is 2. The molecule has 0 heterocycles. The molecule has 2 unspecified atom stereocenters. The number of anilines is 1. The molecule has 0 aliphatic heterocycles. The van der Waals surface area contributed by atoms with E-state index in [2.05, 4.69) is 5.32 Å². The Morgan fingerprint density at radius 3 is 1.93 bits per heavy atom. The summed E-state index contributed by atoms with van der Waals surface area (Å²) in [5, 5.41) is 2.76. The molecular weight excluding hydrogens is 357 g/mol. The number of carbonyl (C=O) groups excluding carboxylic acids is 3. The van der Waals surface area contributed by atoms with Crippen molar-refractivity contribution in [3.8, 4) is 0 Å². The van der Waals surface area contributed by atoms with E-state index in [4.69, 9.17) is 0 Å². The van der Waals surface area contributed by atoms with Gasteiger partial charge >= 0.3 is 0 Å². The predicted octanol–water partition coefficient (Wildman–Crippen LogP) is 4.76. The highest BCUT2D eigenvalue weighted by molar-refractivity contribution is 6.13. The average Bonchev–Trinajstić information content (AvgIpc) is 2.65. The Balaban J connectivity index is 2.42. The lowest BCUT2D eigenvalue weighted by Gasteiger charge is -2.28. The second kappa shape index (κ2) is 9.40. The minimum atomic E-state index is -1.13. The highest BCUT2D eigenvalue weighted by Gasteiger charge is 2.41. The Morgan fingerprint density at radius 2 is 1.43 bits per heavy atom. The van der Waals surface area contributed by atoms with Crippen molar-refractivity contribution in [3.63, 3.8) is 0 Å². The molecular formula is C23H26FNO3. The standard InChI is InChI=1S/C23H26FNO3/c1-14(2)19(22(27)16-10-12-17(24)13-11-16)20(21(26)15(3)4)23(28)25-18-8-6-5-7-9-18/h5-15,19-20H,1-4H3,(H,25,28). The van der Waals surface area contributed by atoms with Crippen molar-refractivity contribution in [2.24, 2.45) is 23.7 Å². The summed E-state index contributed by atoms with van der Waals surface area (Å²) in [6, 6.07) is 14.0. The van der Waals surface area contributed by atoms with Crippen LogP contribution in [0.3, 0.4) is 0 Å². The summed E-state index contributed by atoms with van der Waals surface area (Å²) < 4.78 is 13.2. The second-order valence-electron chi connectivity index (χ2n) is 7.53. The molecule has 28 heavy (non-hydrogen) atoms. The molecule has 0 fully saturated rings. The van der Waals surface area contributed by atoms with E-state index >= 15 is 0 Å². The van der Waals surface area contributed by atoms with Gasteiger partial charge in [-0.3, -0.25) is 14.4 Å². The van der Waals surface area contributed by atoms with Gasteiger partial charge in [-0.15, -0.1) is 0 Å². The van der Waals surface area contributed by atoms with Crippen LogP contribution in [0.4, 0.5) is 10.1 Å². The van der Waals surface area contributed by atoms with Crippen LogP contribution in [-0.4, -0.2) is 17.5 Å². The van der Waals surface area contributed by atoms with E-state index in [0.29, 0.717) is 5.69 Å². The van der Waals surface area contributed by atoms with Crippen molar-refractivity contribution in [1.82, 2.24) is 0 Å². The normalized spacial score (nSPS) is 13.2. The number of rotatable bonds is 8. The fraction of sp³-hybridized carbons (Fsp3) is 0.348. The van der Waals surface area contributed by atoms with Crippen molar-refractivity contribution >= 4 is 23.2 Å². The molecule has 0 radical (unpaired) electrons. The number of halogens is 1. The van der Waals surface area contributed by atoms with Crippen molar-refractivity contribution < 1.29 is 18.8 Å². The quantitative estimate of drug-likeness (QED) is 0.528. The molecule has 0 saturated carbocycles. The van der Waals surface area contributed by atoms with Gasteiger partial charge in [-0.2, -0.15) is 0 Å². The number of benzene rings is 2. The van der Waals surface area contributed by atoms with Gasteiger partial charge in [0.25, 0.3) is 0 Å². The van der Waals surface area contributed by atoms with Gasteiger partial charge in [-0.1, -0.05) is 45.9 Å². The first-order valence-electron chi connectivity index (χ1n) is 9.41. The molecule has 2 aromatic carbocycles. The summed E-state index contributed by atoms with van der Waals surface area (Å²) in [4.78, 5) is 39.2. The lowest BCUT2D eigenvalue weighted by Crippen LogP contribution is -2.43. The van der Waals surface area contributed by atoms with E-state index in [9.17, 15) is 18.8 Å². The molecule has 0 aliphatic carbocycles. The van der Waals surface area contributed by atoms with E-state index in [1.165, 1.54) is 24.3 Å². The van der Waals surface area contributed by atoms with Gasteiger partial charge in [0.2, 0.25) is 5.91 Å². The van der Waals surface area contributed by atoms with E-state index < -0.39 is 29.5 Å². The van der Waals surface area contributed by atoms with E-state index in [0.717, 1.165) is 0 Å². The van der Waals surface area contributed by atoms with Crippen LogP contribution in [0.15, 0.2) is 54.6 Å². The number of para-hydroxylation sites is 1. The first-order chi connectivity index (χ1) is 13.2. The fourth-order valence-electron chi connectivity index (χ4n) is 3.22. The molecule has 2 aromatic rings. The molecule has 0 spiro atoms. The monoisotopic (exact) mass is 383 g/mol. The lowest BCUT2D eigenvalue weighted by molar-refractivity contribution is -0.135.